The van der Waals surface area contributed by atoms with Gasteiger partial charge in [0.2, 0.25) is 5.91 Å². The molecule has 0 fully saturated rings. The fourth-order valence-electron chi connectivity index (χ4n) is 1.57. The van der Waals surface area contributed by atoms with E-state index in [1.165, 1.54) is 6.92 Å². The average molecular weight is 193 g/mol. The highest BCUT2D eigenvalue weighted by molar-refractivity contribution is 5.97. The zero-order valence-electron chi connectivity index (χ0n) is 7.91. The van der Waals surface area contributed by atoms with Crippen LogP contribution in [-0.2, 0) is 11.3 Å². The van der Waals surface area contributed by atoms with Crippen molar-refractivity contribution in [2.75, 3.05) is 5.32 Å². The number of nitrogens with one attached hydrogen (secondary N) is 1. The Balaban J connectivity index is 2.30. The first-order valence-electron chi connectivity index (χ1n) is 4.55. The molecule has 0 bridgehead atoms. The number of Topliss-reactive ketones (excluding diaryl/α,β-unsaturated/α-hetero) is 1. The highest BCUT2D eigenvalue weighted by atomic mass is 16.1. The van der Waals surface area contributed by atoms with E-state index in [4.69, 9.17) is 0 Å². The number of aryl methyl sites for hydroxylation is 1. The second-order valence-corrected chi connectivity index (χ2v) is 3.35. The lowest BCUT2D eigenvalue weighted by Crippen LogP contribution is -2.17. The molecule has 0 atom stereocenters. The number of hydrogen-bond donors (Lipinski definition) is 1. The minimum Gasteiger partial charge on any atom is -0.309 e. The van der Waals surface area contributed by atoms with Gasteiger partial charge in [-0.05, 0) is 6.42 Å². The molecule has 2 heterocycles. The van der Waals surface area contributed by atoms with Gasteiger partial charge in [0.25, 0.3) is 0 Å². The van der Waals surface area contributed by atoms with Crippen molar-refractivity contribution in [2.45, 2.75) is 26.3 Å². The number of hydrogen-bond acceptors (Lipinski definition) is 3. The van der Waals surface area contributed by atoms with Crippen LogP contribution in [0.2, 0.25) is 0 Å². The highest BCUT2D eigenvalue weighted by Gasteiger charge is 2.19. The van der Waals surface area contributed by atoms with Crippen molar-refractivity contribution in [1.82, 2.24) is 9.78 Å². The monoisotopic (exact) mass is 193 g/mol. The lowest BCUT2D eigenvalue weighted by molar-refractivity contribution is -0.114. The summed E-state index contributed by atoms with van der Waals surface area (Å²) < 4.78 is 1.65. The van der Waals surface area contributed by atoms with Gasteiger partial charge in [0.15, 0.2) is 11.6 Å². The summed E-state index contributed by atoms with van der Waals surface area (Å²) in [5.74, 6) is 0.385. The van der Waals surface area contributed by atoms with Crippen LogP contribution in [0, 0.1) is 0 Å². The van der Waals surface area contributed by atoms with E-state index in [0.717, 1.165) is 13.0 Å². The Morgan fingerprint density at radius 1 is 1.64 bits per heavy atom. The van der Waals surface area contributed by atoms with Crippen LogP contribution in [0.4, 0.5) is 5.82 Å². The van der Waals surface area contributed by atoms with Crippen LogP contribution in [-0.4, -0.2) is 21.5 Å². The summed E-state index contributed by atoms with van der Waals surface area (Å²) in [5.41, 5.74) is 0.597. The van der Waals surface area contributed by atoms with E-state index in [9.17, 15) is 9.59 Å². The summed E-state index contributed by atoms with van der Waals surface area (Å²) in [4.78, 5) is 22.2. The van der Waals surface area contributed by atoms with E-state index in [1.54, 1.807) is 10.7 Å². The molecule has 0 saturated heterocycles. The summed E-state index contributed by atoms with van der Waals surface area (Å²) in [6, 6.07) is 1.63. The largest absolute Gasteiger partial charge is 0.309 e. The SMILES string of the molecule is CC(=O)Nc1cc2n(n1)CCCC2=O. The second-order valence-electron chi connectivity index (χ2n) is 3.35. The van der Waals surface area contributed by atoms with Gasteiger partial charge in [-0.3, -0.25) is 14.3 Å². The number of fused-ring (bicyclic) bond motifs is 1. The standard InChI is InChI=1S/C9H11N3O2/c1-6(13)10-9-5-7-8(14)3-2-4-12(7)11-9/h5H,2-4H2,1H3,(H,10,11,13). The summed E-state index contributed by atoms with van der Waals surface area (Å²) in [6.45, 7) is 2.17. The minimum atomic E-state index is -0.173. The fraction of sp³-hybridized carbons (Fsp3) is 0.444. The topological polar surface area (TPSA) is 64.0 Å². The van der Waals surface area contributed by atoms with Crippen LogP contribution in [0.5, 0.6) is 0 Å². The van der Waals surface area contributed by atoms with E-state index >= 15 is 0 Å². The molecule has 0 saturated carbocycles. The van der Waals surface area contributed by atoms with Crippen LogP contribution in [0.15, 0.2) is 6.07 Å². The number of aromatic nitrogens is 2. The molecule has 74 valence electrons. The van der Waals surface area contributed by atoms with Crippen molar-refractivity contribution >= 4 is 17.5 Å². The van der Waals surface area contributed by atoms with Gasteiger partial charge in [-0.1, -0.05) is 0 Å². The van der Waals surface area contributed by atoms with Crippen LogP contribution >= 0.6 is 0 Å². The van der Waals surface area contributed by atoms with Crippen molar-refractivity contribution < 1.29 is 9.59 Å². The zero-order valence-corrected chi connectivity index (χ0v) is 7.91. The van der Waals surface area contributed by atoms with E-state index in [1.807, 2.05) is 0 Å². The van der Waals surface area contributed by atoms with Crippen molar-refractivity contribution in [3.8, 4) is 0 Å². The van der Waals surface area contributed by atoms with Gasteiger partial charge in [-0.2, -0.15) is 5.10 Å². The van der Waals surface area contributed by atoms with Crippen LogP contribution in [0.3, 0.4) is 0 Å². The predicted octanol–water partition coefficient (Wildman–Crippen LogP) is 0.818. The van der Waals surface area contributed by atoms with Crippen LogP contribution in [0.1, 0.15) is 30.3 Å². The van der Waals surface area contributed by atoms with Gasteiger partial charge in [0, 0.05) is 26.0 Å². The van der Waals surface area contributed by atoms with Crippen LogP contribution < -0.4 is 5.32 Å². The van der Waals surface area contributed by atoms with Crippen molar-refractivity contribution in [3.63, 3.8) is 0 Å². The van der Waals surface area contributed by atoms with E-state index in [-0.39, 0.29) is 11.7 Å². The fourth-order valence-corrected chi connectivity index (χ4v) is 1.57. The number of anilines is 1. The van der Waals surface area contributed by atoms with Gasteiger partial charge in [-0.25, -0.2) is 0 Å². The Hall–Kier alpha value is -1.65. The molecule has 1 aromatic rings. The number of carbonyl (C=O) groups excluding carboxylic acids is 2. The van der Waals surface area contributed by atoms with Gasteiger partial charge >= 0.3 is 0 Å². The number of ketones is 1. The molecular formula is C9H11N3O2. The van der Waals surface area contributed by atoms with E-state index in [2.05, 4.69) is 10.4 Å². The van der Waals surface area contributed by atoms with Crippen LogP contribution in [0.25, 0.3) is 0 Å². The third-order valence-corrected chi connectivity index (χ3v) is 2.14. The van der Waals surface area contributed by atoms with Crippen molar-refractivity contribution in [2.24, 2.45) is 0 Å². The Kier molecular flexibility index (Phi) is 2.07. The third kappa shape index (κ3) is 1.53. The molecule has 0 aromatic carbocycles. The third-order valence-electron chi connectivity index (χ3n) is 2.14. The van der Waals surface area contributed by atoms with E-state index in [0.29, 0.717) is 17.9 Å². The first kappa shape index (κ1) is 8.93. The molecule has 0 radical (unpaired) electrons. The molecule has 0 spiro atoms. The predicted molar refractivity (Wildman–Crippen MR) is 50.1 cm³/mol. The lowest BCUT2D eigenvalue weighted by atomic mass is 10.1. The Bertz CT molecular complexity index is 395. The van der Waals surface area contributed by atoms with Crippen molar-refractivity contribution in [3.05, 3.63) is 11.8 Å². The number of rotatable bonds is 1. The first-order chi connectivity index (χ1) is 6.66. The molecular weight excluding hydrogens is 182 g/mol. The average Bonchev–Trinajstić information content (AvgIpc) is 2.47. The van der Waals surface area contributed by atoms with Crippen molar-refractivity contribution in [1.29, 1.82) is 0 Å². The quantitative estimate of drug-likeness (QED) is 0.718. The van der Waals surface area contributed by atoms with Gasteiger partial charge in [0.1, 0.15) is 5.69 Å². The molecule has 5 heteroatoms. The maximum atomic E-state index is 11.4. The molecule has 2 rings (SSSR count). The normalized spacial score (nSPS) is 15.1. The molecule has 0 unspecified atom stereocenters. The van der Waals surface area contributed by atoms with Gasteiger partial charge < -0.3 is 5.32 Å². The number of carbonyl (C=O) groups is 2. The summed E-state index contributed by atoms with van der Waals surface area (Å²) >= 11 is 0. The molecule has 1 aliphatic rings. The summed E-state index contributed by atoms with van der Waals surface area (Å²) in [5, 5.41) is 6.66. The number of amides is 1. The highest BCUT2D eigenvalue weighted by Crippen LogP contribution is 2.17. The molecule has 1 N–H and O–H groups in total. The Morgan fingerprint density at radius 2 is 2.43 bits per heavy atom. The molecule has 1 amide bonds. The van der Waals surface area contributed by atoms with Gasteiger partial charge in [0.05, 0.1) is 0 Å². The zero-order chi connectivity index (χ0) is 10.1. The summed E-state index contributed by atoms with van der Waals surface area (Å²) in [6.07, 6.45) is 1.40. The van der Waals surface area contributed by atoms with Gasteiger partial charge in [-0.15, -0.1) is 0 Å². The molecule has 0 aliphatic carbocycles. The Morgan fingerprint density at radius 3 is 3.07 bits per heavy atom. The minimum absolute atomic E-state index is 0.0975. The maximum Gasteiger partial charge on any atom is 0.222 e. The van der Waals surface area contributed by atoms with E-state index < -0.39 is 0 Å². The number of nitrogens with zero attached hydrogens (tertiary/aromatic N) is 2. The molecule has 1 aliphatic heterocycles. The smallest absolute Gasteiger partial charge is 0.222 e. The molecule has 1 aromatic heterocycles. The Labute approximate surface area is 81.1 Å². The molecule has 14 heavy (non-hydrogen) atoms. The summed E-state index contributed by atoms with van der Waals surface area (Å²) in [7, 11) is 0. The first-order valence-corrected chi connectivity index (χ1v) is 4.55. The maximum absolute atomic E-state index is 11.4. The lowest BCUT2D eigenvalue weighted by Gasteiger charge is -2.10. The second kappa shape index (κ2) is 3.25. The molecule has 5 nitrogen and oxygen atoms in total.